The van der Waals surface area contributed by atoms with Gasteiger partial charge in [-0.05, 0) is 129 Å². The van der Waals surface area contributed by atoms with Crippen LogP contribution in [-0.4, -0.2) is 118 Å². The number of hydrogen-bond acceptors (Lipinski definition) is 10. The van der Waals surface area contributed by atoms with Crippen LogP contribution in [0.2, 0.25) is 0 Å². The zero-order chi connectivity index (χ0) is 46.7. The molecule has 4 aliphatic rings. The zero-order valence-electron chi connectivity index (χ0n) is 39.3. The molecule has 5 heterocycles. The van der Waals surface area contributed by atoms with Crippen LogP contribution in [0, 0.1) is 17.3 Å². The number of rotatable bonds is 11. The summed E-state index contributed by atoms with van der Waals surface area (Å²) < 4.78 is 14.1. The molecule has 14 heteroatoms. The molecule has 4 atom stereocenters. The molecule has 1 unspecified atom stereocenters. The largest absolute Gasteiger partial charge is 0.508 e. The monoisotopic (exact) mass is 902 g/mol. The number of phenols is 1. The third-order valence-electron chi connectivity index (χ3n) is 14.2. The molecule has 2 saturated heterocycles. The Morgan fingerprint density at radius 3 is 2.64 bits per heavy atom. The van der Waals surface area contributed by atoms with Crippen molar-refractivity contribution < 1.29 is 33.8 Å². The average molecular weight is 902 g/mol. The topological polar surface area (TPSA) is 159 Å². The number of likely N-dealkylation sites (tertiary alicyclic amines) is 1. The summed E-state index contributed by atoms with van der Waals surface area (Å²) in [4.78, 5) is 64.7. The number of pyridine rings is 1. The normalized spacial score (nSPS) is 22.1. The molecule has 1 saturated carbocycles. The molecule has 8 rings (SSSR count). The number of methoxy groups -OCH3 is 1. The summed E-state index contributed by atoms with van der Waals surface area (Å²) >= 11 is 0. The number of nitrogens with zero attached hydrogens (tertiary/aromatic N) is 5. The van der Waals surface area contributed by atoms with Crippen LogP contribution in [0.25, 0.3) is 33.3 Å². The molecule has 3 N–H and O–H groups in total. The van der Waals surface area contributed by atoms with Crippen LogP contribution in [0.5, 0.6) is 5.75 Å². The van der Waals surface area contributed by atoms with E-state index >= 15 is 0 Å². The van der Waals surface area contributed by atoms with Crippen molar-refractivity contribution in [1.29, 1.82) is 0 Å². The molecule has 4 aromatic rings. The molecule has 352 valence electrons. The number of fused-ring (bicyclic) bond motifs is 6. The number of aromatic hydroxyl groups is 1. The first-order chi connectivity index (χ1) is 31.8. The number of hydrazine groups is 1. The van der Waals surface area contributed by atoms with E-state index in [1.54, 1.807) is 25.4 Å². The van der Waals surface area contributed by atoms with E-state index in [0.29, 0.717) is 64.2 Å². The van der Waals surface area contributed by atoms with Gasteiger partial charge in [0.1, 0.15) is 17.8 Å². The minimum absolute atomic E-state index is 0.0466. The van der Waals surface area contributed by atoms with Crippen molar-refractivity contribution in [3.05, 3.63) is 84.2 Å². The molecular weight excluding hydrogens is 835 g/mol. The lowest BCUT2D eigenvalue weighted by atomic mass is 9.84. The number of carbonyl (C=O) groups is 4. The van der Waals surface area contributed by atoms with E-state index in [-0.39, 0.29) is 48.3 Å². The number of aromatic nitrogens is 2. The lowest BCUT2D eigenvalue weighted by Gasteiger charge is -2.37. The second-order valence-electron chi connectivity index (χ2n) is 19.7. The lowest BCUT2D eigenvalue weighted by molar-refractivity contribution is -0.155. The number of phenolic OH excluding ortho intramolecular Hbond substituents is 1. The standard InChI is InChI=1S/C52H67N7O7/c1-7-46(61)57-22-19-33(30-57)29-56(5)47(35-13-9-10-14-35)49(62)54-43-25-34-23-37(26-38(60)24-34)36-17-18-45-40(27-36)41(48(58(45)8-2)39-15-11-20-53-44(39)31-65-6)28-52(3,4)32-66-51(64)42-16-12-21-59(55-42)50(43)63/h7,11,15,17-18,20,23-24,26-27,33,35,42-43,47,55,60H,1,8-10,12-14,16,19,21-22,25,28-32H2,2-6H3,(H,54,62)/t33-,42+,43?,47+/m1/s1. The fraction of sp³-hybridized carbons (Fsp3) is 0.519. The maximum absolute atomic E-state index is 14.8. The van der Waals surface area contributed by atoms with Crippen molar-refractivity contribution in [2.75, 3.05) is 46.9 Å². The van der Waals surface area contributed by atoms with Gasteiger partial charge >= 0.3 is 5.97 Å². The smallest absolute Gasteiger partial charge is 0.324 e. The molecule has 3 fully saturated rings. The van der Waals surface area contributed by atoms with Crippen molar-refractivity contribution in [1.82, 2.24) is 35.1 Å². The summed E-state index contributed by atoms with van der Waals surface area (Å²) in [5.41, 5.74) is 9.98. The lowest BCUT2D eigenvalue weighted by Crippen LogP contribution is -2.62. The highest BCUT2D eigenvalue weighted by molar-refractivity contribution is 5.96. The third-order valence-corrected chi connectivity index (χ3v) is 14.2. The highest BCUT2D eigenvalue weighted by atomic mass is 16.5. The molecule has 6 bridgehead atoms. The van der Waals surface area contributed by atoms with Crippen molar-refractivity contribution in [3.63, 3.8) is 0 Å². The van der Waals surface area contributed by atoms with Gasteiger partial charge in [-0.25, -0.2) is 5.43 Å². The van der Waals surface area contributed by atoms with Crippen molar-refractivity contribution >= 4 is 34.6 Å². The van der Waals surface area contributed by atoms with Crippen LogP contribution < -0.4 is 10.7 Å². The number of aryl methyl sites for hydroxylation is 1. The number of cyclic esters (lactones) is 1. The molecule has 2 aromatic heterocycles. The van der Waals surface area contributed by atoms with Gasteiger partial charge in [-0.2, -0.15) is 0 Å². The minimum Gasteiger partial charge on any atom is -0.508 e. The van der Waals surface area contributed by atoms with E-state index in [1.807, 2.05) is 24.1 Å². The Kier molecular flexibility index (Phi) is 14.3. The van der Waals surface area contributed by atoms with E-state index in [1.165, 1.54) is 11.1 Å². The van der Waals surface area contributed by atoms with Crippen LogP contribution >= 0.6 is 0 Å². The van der Waals surface area contributed by atoms with Crippen LogP contribution in [-0.2, 0) is 54.6 Å². The molecule has 3 amide bonds. The second kappa shape index (κ2) is 20.1. The van der Waals surface area contributed by atoms with Gasteiger partial charge in [0.25, 0.3) is 5.91 Å². The van der Waals surface area contributed by atoms with Crippen molar-refractivity contribution in [2.24, 2.45) is 17.3 Å². The predicted octanol–water partition coefficient (Wildman–Crippen LogP) is 6.42. The highest BCUT2D eigenvalue weighted by Gasteiger charge is 2.40. The molecular formula is C52H67N7O7. The fourth-order valence-corrected chi connectivity index (χ4v) is 11.1. The molecule has 3 aliphatic heterocycles. The summed E-state index contributed by atoms with van der Waals surface area (Å²) in [6.45, 7) is 13.4. The SMILES string of the molecule is C=CC(=O)N1CC[C@H](CN(C)[C@H](C(=O)NC2Cc3cc(O)cc(c3)-c3ccc4c(c3)c(c(-c3cccnc3COC)n4CC)CC(C)(C)COC(=O)[C@@H]3CCCN(N3)C2=O)C2CCCC2)C1. The first-order valence-corrected chi connectivity index (χ1v) is 23.8. The Morgan fingerprint density at radius 2 is 1.88 bits per heavy atom. The third kappa shape index (κ3) is 10.1. The Morgan fingerprint density at radius 1 is 1.08 bits per heavy atom. The summed E-state index contributed by atoms with van der Waals surface area (Å²) in [7, 11) is 3.65. The molecule has 66 heavy (non-hydrogen) atoms. The van der Waals surface area contributed by atoms with Gasteiger partial charge in [0.15, 0.2) is 0 Å². The van der Waals surface area contributed by atoms with E-state index in [9.17, 15) is 24.3 Å². The van der Waals surface area contributed by atoms with E-state index in [4.69, 9.17) is 14.5 Å². The number of ether oxygens (including phenoxy) is 2. The first-order valence-electron chi connectivity index (χ1n) is 23.8. The van der Waals surface area contributed by atoms with E-state index in [2.05, 4.69) is 71.8 Å². The Hall–Kier alpha value is -5.57. The number of carbonyl (C=O) groups excluding carboxylic acids is 4. The molecule has 0 radical (unpaired) electrons. The van der Waals surface area contributed by atoms with Crippen LogP contribution in [0.4, 0.5) is 0 Å². The van der Waals surface area contributed by atoms with Gasteiger partial charge in [-0.15, -0.1) is 0 Å². The first kappa shape index (κ1) is 46.9. The van der Waals surface area contributed by atoms with Gasteiger partial charge < -0.3 is 29.4 Å². The maximum Gasteiger partial charge on any atom is 0.324 e. The molecule has 14 nitrogen and oxygen atoms in total. The highest BCUT2D eigenvalue weighted by Crippen LogP contribution is 2.41. The van der Waals surface area contributed by atoms with E-state index < -0.39 is 29.5 Å². The molecule has 0 spiro atoms. The predicted molar refractivity (Wildman–Crippen MR) is 254 cm³/mol. The van der Waals surface area contributed by atoms with Gasteiger partial charge in [0.05, 0.1) is 30.6 Å². The Labute approximate surface area is 388 Å². The Bertz CT molecular complexity index is 2460. The number of amides is 3. The molecule has 1 aliphatic carbocycles. The van der Waals surface area contributed by atoms with Gasteiger partial charge in [-0.3, -0.25) is 34.1 Å². The number of esters is 1. The average Bonchev–Trinajstić information content (AvgIpc) is 4.07. The van der Waals surface area contributed by atoms with Crippen LogP contribution in [0.1, 0.15) is 82.5 Å². The summed E-state index contributed by atoms with van der Waals surface area (Å²) in [6.07, 6.45) is 9.57. The number of nitrogens with one attached hydrogen (secondary N) is 2. The summed E-state index contributed by atoms with van der Waals surface area (Å²) in [6, 6.07) is 13.5. The maximum atomic E-state index is 14.8. The zero-order valence-corrected chi connectivity index (χ0v) is 39.3. The van der Waals surface area contributed by atoms with Gasteiger partial charge in [-0.1, -0.05) is 45.4 Å². The van der Waals surface area contributed by atoms with Crippen molar-refractivity contribution in [2.45, 2.75) is 110 Å². The van der Waals surface area contributed by atoms with Gasteiger partial charge in [0, 0.05) is 74.3 Å². The Balaban J connectivity index is 1.19. The summed E-state index contributed by atoms with van der Waals surface area (Å²) in [5, 5.41) is 17.1. The van der Waals surface area contributed by atoms with Gasteiger partial charge in [0.2, 0.25) is 11.8 Å². The van der Waals surface area contributed by atoms with Crippen LogP contribution in [0.3, 0.4) is 0 Å². The quantitative estimate of drug-likeness (QED) is 0.113. The second-order valence-corrected chi connectivity index (χ2v) is 19.7. The summed E-state index contributed by atoms with van der Waals surface area (Å²) in [5.74, 6) is -0.756. The van der Waals surface area contributed by atoms with Crippen LogP contribution in [0.15, 0.2) is 67.4 Å². The number of hydrogen-bond donors (Lipinski definition) is 3. The minimum atomic E-state index is -1.02. The number of likely N-dealkylation sites (N-methyl/N-ethyl adjacent to an activating group) is 1. The van der Waals surface area contributed by atoms with E-state index in [0.717, 1.165) is 76.6 Å². The molecule has 2 aromatic carbocycles. The number of benzene rings is 2. The fourth-order valence-electron chi connectivity index (χ4n) is 11.1. The van der Waals surface area contributed by atoms with Crippen molar-refractivity contribution in [3.8, 4) is 28.1 Å².